The minimum Gasteiger partial charge on any atom is -0.294 e. The number of carbonyl (C=O) groups excluding carboxylic acids is 4. The molecule has 0 bridgehead atoms. The van der Waals surface area contributed by atoms with Gasteiger partial charge in [-0.15, -0.1) is 0 Å². The number of rotatable bonds is 5. The van der Waals surface area contributed by atoms with Gasteiger partial charge < -0.3 is 0 Å². The van der Waals surface area contributed by atoms with E-state index in [0.29, 0.717) is 11.1 Å². The van der Waals surface area contributed by atoms with Crippen LogP contribution in [0.5, 0.6) is 0 Å². The van der Waals surface area contributed by atoms with Crippen LogP contribution in [0.4, 0.5) is 0 Å². The van der Waals surface area contributed by atoms with Crippen LogP contribution < -0.4 is 10.9 Å². The van der Waals surface area contributed by atoms with Crippen LogP contribution >= 0.6 is 0 Å². The highest BCUT2D eigenvalue weighted by atomic mass is 16.2. The molecule has 6 heteroatoms. The molecule has 0 atom stereocenters. The van der Waals surface area contributed by atoms with E-state index in [0.717, 1.165) is 0 Å². The summed E-state index contributed by atoms with van der Waals surface area (Å²) in [4.78, 5) is 46.9. The summed E-state index contributed by atoms with van der Waals surface area (Å²) in [6.45, 7) is 0. The molecule has 0 spiro atoms. The third-order valence-corrected chi connectivity index (χ3v) is 3.00. The van der Waals surface area contributed by atoms with E-state index in [1.807, 2.05) is 5.43 Å². The maximum atomic E-state index is 11.8. The van der Waals surface area contributed by atoms with Gasteiger partial charge in [-0.25, -0.2) is 0 Å². The first-order chi connectivity index (χ1) is 11.1. The van der Waals surface area contributed by atoms with Crippen molar-refractivity contribution in [2.24, 2.45) is 0 Å². The second-order valence-corrected chi connectivity index (χ2v) is 4.66. The molecule has 0 aliphatic heterocycles. The highest BCUT2D eigenvalue weighted by molar-refractivity contribution is 6.40. The molecule has 23 heavy (non-hydrogen) atoms. The first-order valence-electron chi connectivity index (χ1n) is 6.84. The van der Waals surface area contributed by atoms with Gasteiger partial charge in [0, 0.05) is 11.1 Å². The van der Waals surface area contributed by atoms with Gasteiger partial charge in [-0.3, -0.25) is 30.0 Å². The highest BCUT2D eigenvalue weighted by Crippen LogP contribution is 2.03. The molecule has 0 aliphatic carbocycles. The summed E-state index contributed by atoms with van der Waals surface area (Å²) in [7, 11) is 0. The van der Waals surface area contributed by atoms with E-state index >= 15 is 0 Å². The predicted molar refractivity (Wildman–Crippen MR) is 82.4 cm³/mol. The van der Waals surface area contributed by atoms with E-state index < -0.39 is 29.8 Å². The zero-order valence-electron chi connectivity index (χ0n) is 12.1. The first kappa shape index (κ1) is 16.1. The summed E-state index contributed by atoms with van der Waals surface area (Å²) >= 11 is 0. The Hall–Kier alpha value is -3.28. The van der Waals surface area contributed by atoms with Crippen molar-refractivity contribution in [2.75, 3.05) is 0 Å². The fourth-order valence-electron chi connectivity index (χ4n) is 1.80. The SMILES string of the molecule is O=C(CC(=O)c1ccccc1)C(=O)NNC(=O)c1ccccc1. The molecule has 0 saturated carbocycles. The molecule has 6 nitrogen and oxygen atoms in total. The zero-order valence-corrected chi connectivity index (χ0v) is 12.1. The minimum absolute atomic E-state index is 0.334. The molecule has 2 aromatic carbocycles. The number of benzene rings is 2. The van der Waals surface area contributed by atoms with E-state index in [1.165, 1.54) is 0 Å². The number of hydrogen-bond donors (Lipinski definition) is 2. The van der Waals surface area contributed by atoms with Crippen LogP contribution in [-0.2, 0) is 9.59 Å². The largest absolute Gasteiger partial charge is 0.306 e. The summed E-state index contributed by atoms with van der Waals surface area (Å²) in [5.41, 5.74) is 4.80. The predicted octanol–water partition coefficient (Wildman–Crippen LogP) is 1.29. The van der Waals surface area contributed by atoms with Crippen LogP contribution in [0.15, 0.2) is 60.7 Å². The Bertz CT molecular complexity index is 727. The molecule has 0 unspecified atom stereocenters. The number of carbonyl (C=O) groups is 4. The second kappa shape index (κ2) is 7.65. The zero-order chi connectivity index (χ0) is 16.7. The molecule has 2 amide bonds. The van der Waals surface area contributed by atoms with Crippen molar-refractivity contribution >= 4 is 23.4 Å². The van der Waals surface area contributed by atoms with Gasteiger partial charge in [0.1, 0.15) is 0 Å². The number of Topliss-reactive ketones (excluding diaryl/α,β-unsaturated/α-hetero) is 2. The lowest BCUT2D eigenvalue weighted by Crippen LogP contribution is -2.45. The van der Waals surface area contributed by atoms with E-state index in [4.69, 9.17) is 0 Å². The van der Waals surface area contributed by atoms with E-state index in [2.05, 4.69) is 5.43 Å². The van der Waals surface area contributed by atoms with Crippen LogP contribution in [0, 0.1) is 0 Å². The number of hydrazine groups is 1. The van der Waals surface area contributed by atoms with Gasteiger partial charge in [0.2, 0.25) is 5.78 Å². The topological polar surface area (TPSA) is 92.3 Å². The van der Waals surface area contributed by atoms with Gasteiger partial charge in [0.05, 0.1) is 6.42 Å². The van der Waals surface area contributed by atoms with Gasteiger partial charge >= 0.3 is 5.91 Å². The molecule has 0 aromatic heterocycles. The molecule has 0 heterocycles. The van der Waals surface area contributed by atoms with E-state index in [9.17, 15) is 19.2 Å². The average molecular weight is 310 g/mol. The number of ketones is 2. The fraction of sp³-hybridized carbons (Fsp3) is 0.0588. The molecule has 2 N–H and O–H groups in total. The Morgan fingerprint density at radius 3 is 1.78 bits per heavy atom. The molecular formula is C17H14N2O4. The van der Waals surface area contributed by atoms with Crippen molar-refractivity contribution in [1.82, 2.24) is 10.9 Å². The fourth-order valence-corrected chi connectivity index (χ4v) is 1.80. The second-order valence-electron chi connectivity index (χ2n) is 4.66. The molecule has 0 aliphatic rings. The van der Waals surface area contributed by atoms with Crippen molar-refractivity contribution in [3.63, 3.8) is 0 Å². The van der Waals surface area contributed by atoms with Crippen LogP contribution in [0.2, 0.25) is 0 Å². The van der Waals surface area contributed by atoms with Gasteiger partial charge in [-0.05, 0) is 12.1 Å². The van der Waals surface area contributed by atoms with E-state index in [-0.39, 0.29) is 0 Å². The van der Waals surface area contributed by atoms with Crippen molar-refractivity contribution < 1.29 is 19.2 Å². The molecular weight excluding hydrogens is 296 g/mol. The molecule has 2 aromatic rings. The third kappa shape index (κ3) is 4.60. The molecule has 0 radical (unpaired) electrons. The number of nitrogens with one attached hydrogen (secondary N) is 2. The maximum absolute atomic E-state index is 11.8. The third-order valence-electron chi connectivity index (χ3n) is 3.00. The number of amides is 2. The standard InChI is InChI=1S/C17H14N2O4/c20-14(12-7-3-1-4-8-12)11-15(21)17(23)19-18-16(22)13-9-5-2-6-10-13/h1-10H,11H2,(H,18,22)(H,19,23). The highest BCUT2D eigenvalue weighted by Gasteiger charge is 2.19. The van der Waals surface area contributed by atoms with Crippen molar-refractivity contribution in [2.45, 2.75) is 6.42 Å². The summed E-state index contributed by atoms with van der Waals surface area (Å²) in [5.74, 6) is -2.98. The summed E-state index contributed by atoms with van der Waals surface area (Å²) in [6, 6.07) is 16.4. The van der Waals surface area contributed by atoms with Crippen molar-refractivity contribution in [1.29, 1.82) is 0 Å². The summed E-state index contributed by atoms with van der Waals surface area (Å²) in [6.07, 6.45) is -0.558. The lowest BCUT2D eigenvalue weighted by atomic mass is 10.1. The summed E-state index contributed by atoms with van der Waals surface area (Å²) in [5, 5.41) is 0. The quantitative estimate of drug-likeness (QED) is 0.377. The Morgan fingerprint density at radius 1 is 0.696 bits per heavy atom. The molecule has 0 saturated heterocycles. The van der Waals surface area contributed by atoms with Gasteiger partial charge in [0.15, 0.2) is 5.78 Å². The Morgan fingerprint density at radius 2 is 1.22 bits per heavy atom. The molecule has 116 valence electrons. The first-order valence-corrected chi connectivity index (χ1v) is 6.84. The van der Waals surface area contributed by atoms with Crippen molar-refractivity contribution in [3.05, 3.63) is 71.8 Å². The minimum atomic E-state index is -1.04. The van der Waals surface area contributed by atoms with E-state index in [1.54, 1.807) is 60.7 Å². The van der Waals surface area contributed by atoms with Crippen molar-refractivity contribution in [3.8, 4) is 0 Å². The lowest BCUT2D eigenvalue weighted by Gasteiger charge is -2.06. The van der Waals surface area contributed by atoms with Crippen LogP contribution in [-0.4, -0.2) is 23.4 Å². The van der Waals surface area contributed by atoms with Crippen LogP contribution in [0.25, 0.3) is 0 Å². The Labute approximate surface area is 132 Å². The van der Waals surface area contributed by atoms with Crippen LogP contribution in [0.3, 0.4) is 0 Å². The molecule has 2 rings (SSSR count). The average Bonchev–Trinajstić information content (AvgIpc) is 2.60. The maximum Gasteiger partial charge on any atom is 0.306 e. The lowest BCUT2D eigenvalue weighted by molar-refractivity contribution is -0.137. The number of hydrogen-bond acceptors (Lipinski definition) is 4. The van der Waals surface area contributed by atoms with Crippen LogP contribution in [0.1, 0.15) is 27.1 Å². The monoisotopic (exact) mass is 310 g/mol. The van der Waals surface area contributed by atoms with Gasteiger partial charge in [-0.2, -0.15) is 0 Å². The Kier molecular flexibility index (Phi) is 5.35. The Balaban J connectivity index is 1.85. The van der Waals surface area contributed by atoms with Gasteiger partial charge in [-0.1, -0.05) is 48.5 Å². The van der Waals surface area contributed by atoms with Gasteiger partial charge in [0.25, 0.3) is 5.91 Å². The smallest absolute Gasteiger partial charge is 0.294 e. The summed E-state index contributed by atoms with van der Waals surface area (Å²) < 4.78 is 0. The normalized spacial score (nSPS) is 9.74. The molecule has 0 fully saturated rings.